The van der Waals surface area contributed by atoms with E-state index in [0.29, 0.717) is 12.0 Å². The van der Waals surface area contributed by atoms with Crippen LogP contribution in [0.2, 0.25) is 0 Å². The Labute approximate surface area is 141 Å². The predicted molar refractivity (Wildman–Crippen MR) is 93.6 cm³/mol. The van der Waals surface area contributed by atoms with Crippen molar-refractivity contribution >= 4 is 6.09 Å². The third kappa shape index (κ3) is 6.30. The van der Waals surface area contributed by atoms with Crippen LogP contribution >= 0.6 is 0 Å². The molecule has 23 heavy (non-hydrogen) atoms. The van der Waals surface area contributed by atoms with Crippen LogP contribution in [0, 0.1) is 5.92 Å². The highest BCUT2D eigenvalue weighted by molar-refractivity contribution is 5.68. The lowest BCUT2D eigenvalue weighted by molar-refractivity contribution is 0.0184. The van der Waals surface area contributed by atoms with E-state index < -0.39 is 5.60 Å². The number of hydrogen-bond donors (Lipinski definition) is 1. The second kappa shape index (κ2) is 7.84. The number of likely N-dealkylation sites (N-methyl/N-ethyl adjacent to an activating group) is 1. The molecule has 0 radical (unpaired) electrons. The first kappa shape index (κ1) is 18.5. The number of nitrogens with one attached hydrogen (secondary N) is 1. The third-order valence-corrected chi connectivity index (χ3v) is 4.96. The van der Waals surface area contributed by atoms with Gasteiger partial charge in [-0.3, -0.25) is 4.90 Å². The molecular weight excluding hydrogens is 290 g/mol. The lowest BCUT2D eigenvalue weighted by atomic mass is 9.97. The van der Waals surface area contributed by atoms with Gasteiger partial charge >= 0.3 is 6.09 Å². The van der Waals surface area contributed by atoms with Crippen LogP contribution < -0.4 is 5.32 Å². The van der Waals surface area contributed by atoms with Crippen LogP contribution in [0.5, 0.6) is 0 Å². The molecule has 1 heterocycles. The molecule has 2 aliphatic rings. The summed E-state index contributed by atoms with van der Waals surface area (Å²) in [5.74, 6) is 0.673. The monoisotopic (exact) mass is 325 g/mol. The molecule has 0 aromatic heterocycles. The number of rotatable bonds is 6. The third-order valence-electron chi connectivity index (χ3n) is 4.96. The van der Waals surface area contributed by atoms with Crippen molar-refractivity contribution in [1.82, 2.24) is 15.1 Å². The Kier molecular flexibility index (Phi) is 6.32. The van der Waals surface area contributed by atoms with E-state index in [9.17, 15) is 4.79 Å². The lowest BCUT2D eigenvalue weighted by Gasteiger charge is -2.34. The molecule has 5 nitrogen and oxygen atoms in total. The zero-order valence-electron chi connectivity index (χ0n) is 15.6. The summed E-state index contributed by atoms with van der Waals surface area (Å²) in [6.45, 7) is 11.8. The highest BCUT2D eigenvalue weighted by Crippen LogP contribution is 2.26. The van der Waals surface area contributed by atoms with Gasteiger partial charge in [-0.05, 0) is 72.9 Å². The Morgan fingerprint density at radius 1 is 1.26 bits per heavy atom. The molecular formula is C18H35N3O2. The Morgan fingerprint density at radius 3 is 2.39 bits per heavy atom. The van der Waals surface area contributed by atoms with Gasteiger partial charge in [-0.1, -0.05) is 0 Å². The number of ether oxygens (including phenoxy) is 1. The summed E-state index contributed by atoms with van der Waals surface area (Å²) in [5, 5.41) is 3.62. The highest BCUT2D eigenvalue weighted by atomic mass is 16.6. The molecule has 1 unspecified atom stereocenters. The van der Waals surface area contributed by atoms with Crippen molar-refractivity contribution in [3.8, 4) is 0 Å². The standard InChI is InChI=1S/C18H35N3O2/c1-14(20(5)16-6-7-16)12-19-13-15-8-10-21(11-9-15)17(22)23-18(2,3)4/h14-16,19H,6-13H2,1-5H3. The maximum Gasteiger partial charge on any atom is 0.410 e. The van der Waals surface area contributed by atoms with Crippen LogP contribution in [-0.4, -0.2) is 66.8 Å². The van der Waals surface area contributed by atoms with E-state index in [0.717, 1.165) is 45.1 Å². The van der Waals surface area contributed by atoms with Crippen LogP contribution in [0.25, 0.3) is 0 Å². The Balaban J connectivity index is 1.60. The molecule has 0 spiro atoms. The summed E-state index contributed by atoms with van der Waals surface area (Å²) >= 11 is 0. The number of piperidine rings is 1. The first-order valence-electron chi connectivity index (χ1n) is 9.17. The predicted octanol–water partition coefficient (Wildman–Crippen LogP) is 2.71. The first-order valence-corrected chi connectivity index (χ1v) is 9.17. The molecule has 2 rings (SSSR count). The van der Waals surface area contributed by atoms with Crippen LogP contribution in [0.15, 0.2) is 0 Å². The van der Waals surface area contributed by atoms with Gasteiger partial charge in [-0.2, -0.15) is 0 Å². The van der Waals surface area contributed by atoms with Crippen molar-refractivity contribution in [3.63, 3.8) is 0 Å². The van der Waals surface area contributed by atoms with Crippen molar-refractivity contribution in [1.29, 1.82) is 0 Å². The van der Waals surface area contributed by atoms with Crippen molar-refractivity contribution in [2.75, 3.05) is 33.2 Å². The van der Waals surface area contributed by atoms with Crippen LogP contribution in [-0.2, 0) is 4.74 Å². The van der Waals surface area contributed by atoms with E-state index in [-0.39, 0.29) is 6.09 Å². The smallest absolute Gasteiger partial charge is 0.410 e. The summed E-state index contributed by atoms with van der Waals surface area (Å²) in [5.41, 5.74) is -0.404. The maximum atomic E-state index is 12.1. The summed E-state index contributed by atoms with van der Waals surface area (Å²) in [7, 11) is 2.24. The second-order valence-corrected chi connectivity index (χ2v) is 8.31. The summed E-state index contributed by atoms with van der Waals surface area (Å²) in [4.78, 5) is 16.4. The second-order valence-electron chi connectivity index (χ2n) is 8.31. The van der Waals surface area contributed by atoms with E-state index in [4.69, 9.17) is 4.74 Å². The van der Waals surface area contributed by atoms with Gasteiger partial charge in [-0.25, -0.2) is 4.79 Å². The minimum atomic E-state index is -0.404. The Hall–Kier alpha value is -0.810. The van der Waals surface area contributed by atoms with Crippen LogP contribution in [0.1, 0.15) is 53.4 Å². The average molecular weight is 325 g/mol. The highest BCUT2D eigenvalue weighted by Gasteiger charge is 2.29. The van der Waals surface area contributed by atoms with Gasteiger partial charge in [0.15, 0.2) is 0 Å². The molecule has 1 N–H and O–H groups in total. The van der Waals surface area contributed by atoms with E-state index in [1.165, 1.54) is 12.8 Å². The molecule has 1 atom stereocenters. The Morgan fingerprint density at radius 2 is 1.87 bits per heavy atom. The molecule has 1 saturated heterocycles. The summed E-state index contributed by atoms with van der Waals surface area (Å²) < 4.78 is 5.45. The van der Waals surface area contributed by atoms with Gasteiger partial charge < -0.3 is 15.0 Å². The molecule has 5 heteroatoms. The fourth-order valence-corrected chi connectivity index (χ4v) is 3.13. The first-order chi connectivity index (χ1) is 10.8. The Bertz CT molecular complexity index is 382. The molecule has 1 aliphatic carbocycles. The van der Waals surface area contributed by atoms with Gasteiger partial charge in [-0.15, -0.1) is 0 Å². The van der Waals surface area contributed by atoms with Gasteiger partial charge in [0.1, 0.15) is 5.60 Å². The van der Waals surface area contributed by atoms with Crippen LogP contribution in [0.4, 0.5) is 4.79 Å². The lowest BCUT2D eigenvalue weighted by Crippen LogP contribution is -2.44. The molecule has 134 valence electrons. The fraction of sp³-hybridized carbons (Fsp3) is 0.944. The largest absolute Gasteiger partial charge is 0.444 e. The van der Waals surface area contributed by atoms with Gasteiger partial charge in [0.2, 0.25) is 0 Å². The molecule has 1 amide bonds. The number of amides is 1. The molecule has 0 bridgehead atoms. The topological polar surface area (TPSA) is 44.8 Å². The van der Waals surface area contributed by atoms with E-state index in [1.807, 2.05) is 25.7 Å². The summed E-state index contributed by atoms with van der Waals surface area (Å²) in [6, 6.07) is 1.42. The maximum absolute atomic E-state index is 12.1. The van der Waals surface area contributed by atoms with Gasteiger partial charge in [0.05, 0.1) is 0 Å². The molecule has 1 aliphatic heterocycles. The molecule has 2 fully saturated rings. The fourth-order valence-electron chi connectivity index (χ4n) is 3.13. The van der Waals surface area contributed by atoms with Crippen molar-refractivity contribution in [2.24, 2.45) is 5.92 Å². The minimum absolute atomic E-state index is 0.163. The number of carbonyl (C=O) groups excluding carboxylic acids is 1. The number of carbonyl (C=O) groups is 1. The van der Waals surface area contributed by atoms with Crippen LogP contribution in [0.3, 0.4) is 0 Å². The quantitative estimate of drug-likeness (QED) is 0.815. The van der Waals surface area contributed by atoms with Crippen molar-refractivity contribution < 1.29 is 9.53 Å². The molecule has 0 aromatic rings. The zero-order chi connectivity index (χ0) is 17.0. The number of hydrogen-bond acceptors (Lipinski definition) is 4. The average Bonchev–Trinajstić information content (AvgIpc) is 3.29. The van der Waals surface area contributed by atoms with E-state index in [1.54, 1.807) is 0 Å². The number of nitrogens with zero attached hydrogens (tertiary/aromatic N) is 2. The van der Waals surface area contributed by atoms with E-state index >= 15 is 0 Å². The van der Waals surface area contributed by atoms with Crippen molar-refractivity contribution in [2.45, 2.75) is 71.1 Å². The minimum Gasteiger partial charge on any atom is -0.444 e. The molecule has 0 aromatic carbocycles. The van der Waals surface area contributed by atoms with Crippen molar-refractivity contribution in [3.05, 3.63) is 0 Å². The zero-order valence-corrected chi connectivity index (χ0v) is 15.6. The summed E-state index contributed by atoms with van der Waals surface area (Å²) in [6.07, 6.45) is 4.70. The van der Waals surface area contributed by atoms with E-state index in [2.05, 4.69) is 24.2 Å². The SMILES string of the molecule is CC(CNCC1CCN(C(=O)OC(C)(C)C)CC1)N(C)C1CC1. The normalized spacial score (nSPS) is 21.6. The number of likely N-dealkylation sites (tertiary alicyclic amines) is 1. The van der Waals surface area contributed by atoms with Gasteiger partial charge in [0, 0.05) is 31.7 Å². The van der Waals surface area contributed by atoms with Gasteiger partial charge in [0.25, 0.3) is 0 Å². The molecule has 1 saturated carbocycles.